The average molecular weight is 236 g/mol. The Labute approximate surface area is 97.1 Å². The predicted molar refractivity (Wildman–Crippen MR) is 56.7 cm³/mol. The molecule has 0 bridgehead atoms. The van der Waals surface area contributed by atoms with Crippen molar-refractivity contribution >= 4 is 5.97 Å². The highest BCUT2D eigenvalue weighted by atomic mass is 16.5. The van der Waals surface area contributed by atoms with Crippen molar-refractivity contribution in [2.45, 2.75) is 26.8 Å². The molecule has 7 heteroatoms. The lowest BCUT2D eigenvalue weighted by atomic mass is 10.4. The third kappa shape index (κ3) is 2.17. The molecule has 0 radical (unpaired) electrons. The molecule has 2 rings (SSSR count). The van der Waals surface area contributed by atoms with Crippen molar-refractivity contribution < 1.29 is 14.4 Å². The van der Waals surface area contributed by atoms with Crippen LogP contribution in [0, 0.1) is 6.92 Å². The van der Waals surface area contributed by atoms with E-state index in [2.05, 4.69) is 15.1 Å². The third-order valence-electron chi connectivity index (χ3n) is 2.39. The minimum Gasteiger partial charge on any atom is -0.477 e. The number of aromatic nitrogens is 4. The second-order valence-electron chi connectivity index (χ2n) is 3.54. The molecule has 0 saturated carbocycles. The van der Waals surface area contributed by atoms with Gasteiger partial charge in [-0.15, -0.1) is 0 Å². The van der Waals surface area contributed by atoms with Gasteiger partial charge < -0.3 is 14.2 Å². The van der Waals surface area contributed by atoms with Crippen LogP contribution in [0.2, 0.25) is 0 Å². The number of imidazole rings is 1. The highest BCUT2D eigenvalue weighted by Crippen LogP contribution is 2.08. The number of hydrogen-bond donors (Lipinski definition) is 1. The molecule has 0 spiro atoms. The van der Waals surface area contributed by atoms with Gasteiger partial charge in [-0.3, -0.25) is 0 Å². The van der Waals surface area contributed by atoms with Crippen LogP contribution in [0.3, 0.4) is 0 Å². The molecule has 0 atom stereocenters. The largest absolute Gasteiger partial charge is 0.477 e. The van der Waals surface area contributed by atoms with E-state index in [9.17, 15) is 4.79 Å². The van der Waals surface area contributed by atoms with Gasteiger partial charge in [0, 0.05) is 6.42 Å². The molecular formula is C10H12N4O3. The van der Waals surface area contributed by atoms with E-state index >= 15 is 0 Å². The molecule has 7 nitrogen and oxygen atoms in total. The number of hydrogen-bond acceptors (Lipinski definition) is 5. The summed E-state index contributed by atoms with van der Waals surface area (Å²) >= 11 is 0. The van der Waals surface area contributed by atoms with Crippen molar-refractivity contribution in [1.82, 2.24) is 19.7 Å². The molecule has 0 aliphatic carbocycles. The van der Waals surface area contributed by atoms with Crippen molar-refractivity contribution in [2.24, 2.45) is 0 Å². The van der Waals surface area contributed by atoms with Crippen LogP contribution in [0.1, 0.15) is 35.0 Å². The zero-order valence-corrected chi connectivity index (χ0v) is 9.54. The maximum Gasteiger partial charge on any atom is 0.354 e. The van der Waals surface area contributed by atoms with E-state index in [-0.39, 0.29) is 12.2 Å². The summed E-state index contributed by atoms with van der Waals surface area (Å²) in [4.78, 5) is 19.0. The normalized spacial score (nSPS) is 10.7. The first kappa shape index (κ1) is 11.3. The fraction of sp³-hybridized carbons (Fsp3) is 0.400. The Morgan fingerprint density at radius 3 is 2.94 bits per heavy atom. The molecule has 2 aromatic rings. The molecule has 2 aromatic heterocycles. The van der Waals surface area contributed by atoms with Gasteiger partial charge in [-0.2, -0.15) is 4.98 Å². The van der Waals surface area contributed by atoms with Gasteiger partial charge in [-0.1, -0.05) is 12.1 Å². The van der Waals surface area contributed by atoms with E-state index < -0.39 is 5.97 Å². The zero-order chi connectivity index (χ0) is 12.4. The molecule has 0 aliphatic rings. The van der Waals surface area contributed by atoms with Crippen molar-refractivity contribution in [2.75, 3.05) is 0 Å². The molecule has 90 valence electrons. The SMILES string of the molecule is CCc1nc(Cn2c(C(=O)O)cnc2C)no1. The van der Waals surface area contributed by atoms with Crippen LogP contribution in [0.15, 0.2) is 10.7 Å². The molecule has 17 heavy (non-hydrogen) atoms. The lowest BCUT2D eigenvalue weighted by Crippen LogP contribution is -2.11. The van der Waals surface area contributed by atoms with Gasteiger partial charge in [0.25, 0.3) is 0 Å². The summed E-state index contributed by atoms with van der Waals surface area (Å²) in [5.74, 6) is 0.565. The van der Waals surface area contributed by atoms with Crippen LogP contribution in [0.25, 0.3) is 0 Å². The van der Waals surface area contributed by atoms with Crippen LogP contribution in [0.5, 0.6) is 0 Å². The van der Waals surface area contributed by atoms with Gasteiger partial charge in [0.2, 0.25) is 5.89 Å². The molecule has 0 amide bonds. The molecule has 0 aliphatic heterocycles. The standard InChI is InChI=1S/C10H12N4O3/c1-3-9-12-8(13-17-9)5-14-6(2)11-4-7(14)10(15)16/h4H,3,5H2,1-2H3,(H,15,16). The summed E-state index contributed by atoms with van der Waals surface area (Å²) in [5.41, 5.74) is 0.116. The smallest absolute Gasteiger partial charge is 0.354 e. The van der Waals surface area contributed by atoms with E-state index in [0.717, 1.165) is 0 Å². The summed E-state index contributed by atoms with van der Waals surface area (Å²) in [7, 11) is 0. The Balaban J connectivity index is 2.29. The average Bonchev–Trinajstić information content (AvgIpc) is 2.87. The second-order valence-corrected chi connectivity index (χ2v) is 3.54. The van der Waals surface area contributed by atoms with E-state index in [1.807, 2.05) is 6.92 Å². The Bertz CT molecular complexity index is 543. The Morgan fingerprint density at radius 1 is 1.59 bits per heavy atom. The molecule has 0 aromatic carbocycles. The van der Waals surface area contributed by atoms with Crippen molar-refractivity contribution in [3.05, 3.63) is 29.4 Å². The Morgan fingerprint density at radius 2 is 2.35 bits per heavy atom. The summed E-state index contributed by atoms with van der Waals surface area (Å²) in [5, 5.41) is 12.8. The summed E-state index contributed by atoms with van der Waals surface area (Å²) < 4.78 is 6.49. The van der Waals surface area contributed by atoms with E-state index in [0.29, 0.717) is 24.0 Å². The number of carbonyl (C=O) groups is 1. The number of rotatable bonds is 4. The fourth-order valence-corrected chi connectivity index (χ4v) is 1.48. The lowest BCUT2D eigenvalue weighted by Gasteiger charge is -2.03. The van der Waals surface area contributed by atoms with Gasteiger partial charge in [-0.05, 0) is 6.92 Å². The fourth-order valence-electron chi connectivity index (χ4n) is 1.48. The molecule has 0 unspecified atom stereocenters. The number of carboxylic acid groups (broad SMARTS) is 1. The monoisotopic (exact) mass is 236 g/mol. The molecular weight excluding hydrogens is 224 g/mol. The summed E-state index contributed by atoms with van der Waals surface area (Å²) in [6.45, 7) is 3.88. The van der Waals surface area contributed by atoms with Gasteiger partial charge >= 0.3 is 5.97 Å². The minimum atomic E-state index is -1.02. The highest BCUT2D eigenvalue weighted by Gasteiger charge is 2.15. The third-order valence-corrected chi connectivity index (χ3v) is 2.39. The second kappa shape index (κ2) is 4.36. The first-order chi connectivity index (χ1) is 8.11. The van der Waals surface area contributed by atoms with Crippen molar-refractivity contribution in [1.29, 1.82) is 0 Å². The highest BCUT2D eigenvalue weighted by molar-refractivity contribution is 5.85. The minimum absolute atomic E-state index is 0.116. The molecule has 0 fully saturated rings. The topological polar surface area (TPSA) is 94.0 Å². The van der Waals surface area contributed by atoms with Gasteiger partial charge in [0.15, 0.2) is 5.82 Å². The number of aromatic carboxylic acids is 1. The first-order valence-corrected chi connectivity index (χ1v) is 5.18. The van der Waals surface area contributed by atoms with Gasteiger partial charge in [0.05, 0.1) is 12.7 Å². The Kier molecular flexibility index (Phi) is 2.90. The van der Waals surface area contributed by atoms with Crippen LogP contribution < -0.4 is 0 Å². The molecule has 0 saturated heterocycles. The first-order valence-electron chi connectivity index (χ1n) is 5.18. The lowest BCUT2D eigenvalue weighted by molar-refractivity contribution is 0.0685. The van der Waals surface area contributed by atoms with Crippen molar-refractivity contribution in [3.8, 4) is 0 Å². The van der Waals surface area contributed by atoms with E-state index in [1.54, 1.807) is 6.92 Å². The van der Waals surface area contributed by atoms with Crippen LogP contribution in [0.4, 0.5) is 0 Å². The Hall–Kier alpha value is -2.18. The molecule has 1 N–H and O–H groups in total. The number of aryl methyl sites for hydroxylation is 2. The predicted octanol–water partition coefficient (Wildman–Crippen LogP) is 0.883. The van der Waals surface area contributed by atoms with Crippen molar-refractivity contribution in [3.63, 3.8) is 0 Å². The van der Waals surface area contributed by atoms with Crippen LogP contribution >= 0.6 is 0 Å². The van der Waals surface area contributed by atoms with Crippen LogP contribution in [-0.2, 0) is 13.0 Å². The quantitative estimate of drug-likeness (QED) is 0.846. The summed E-state index contributed by atoms with van der Waals surface area (Å²) in [6.07, 6.45) is 1.97. The van der Waals surface area contributed by atoms with Crippen LogP contribution in [-0.4, -0.2) is 30.8 Å². The summed E-state index contributed by atoms with van der Waals surface area (Å²) in [6, 6.07) is 0. The number of carboxylic acids is 1. The number of nitrogens with zero attached hydrogens (tertiary/aromatic N) is 4. The maximum absolute atomic E-state index is 11.0. The maximum atomic E-state index is 11.0. The van der Waals surface area contributed by atoms with E-state index in [1.165, 1.54) is 10.8 Å². The van der Waals surface area contributed by atoms with Gasteiger partial charge in [0.1, 0.15) is 11.5 Å². The zero-order valence-electron chi connectivity index (χ0n) is 9.54. The van der Waals surface area contributed by atoms with Gasteiger partial charge in [-0.25, -0.2) is 9.78 Å². The molecule has 2 heterocycles. The van der Waals surface area contributed by atoms with E-state index in [4.69, 9.17) is 9.63 Å².